The van der Waals surface area contributed by atoms with Gasteiger partial charge in [-0.2, -0.15) is 0 Å². The molecule has 4 nitrogen and oxygen atoms in total. The van der Waals surface area contributed by atoms with Gasteiger partial charge in [-0.25, -0.2) is 0 Å². The lowest BCUT2D eigenvalue weighted by Gasteiger charge is -2.26. The van der Waals surface area contributed by atoms with Crippen LogP contribution in [0.4, 0.5) is 0 Å². The van der Waals surface area contributed by atoms with Crippen molar-refractivity contribution in [2.75, 3.05) is 19.8 Å². The molecule has 1 fully saturated rings. The first-order chi connectivity index (χ1) is 8.79. The number of aromatic nitrogens is 2. The molecular weight excluding hydrogens is 226 g/mol. The average molecular weight is 249 g/mol. The van der Waals surface area contributed by atoms with Gasteiger partial charge in [0.15, 0.2) is 0 Å². The van der Waals surface area contributed by atoms with Gasteiger partial charge < -0.3 is 10.1 Å². The second-order valence-electron chi connectivity index (χ2n) is 4.98. The molecule has 1 atom stereocenters. The Balaban J connectivity index is 2.00. The van der Waals surface area contributed by atoms with E-state index in [0.717, 1.165) is 43.5 Å². The highest BCUT2D eigenvalue weighted by Crippen LogP contribution is 2.26. The van der Waals surface area contributed by atoms with Crippen LogP contribution in [0.25, 0.3) is 0 Å². The number of ether oxygens (including phenoxy) is 1. The van der Waals surface area contributed by atoms with Crippen LogP contribution < -0.4 is 5.32 Å². The number of aryl methyl sites for hydroxylation is 1. The Labute approximate surface area is 109 Å². The fourth-order valence-corrected chi connectivity index (χ4v) is 2.45. The number of hydrogen-bond acceptors (Lipinski definition) is 4. The van der Waals surface area contributed by atoms with Crippen LogP contribution in [0.3, 0.4) is 0 Å². The van der Waals surface area contributed by atoms with Gasteiger partial charge in [0.2, 0.25) is 0 Å². The number of nitrogens with zero attached hydrogens (tertiary/aromatic N) is 2. The van der Waals surface area contributed by atoms with Crippen molar-refractivity contribution < 1.29 is 4.74 Å². The van der Waals surface area contributed by atoms with E-state index in [1.807, 2.05) is 19.3 Å². The Kier molecular flexibility index (Phi) is 5.08. The van der Waals surface area contributed by atoms with Crippen molar-refractivity contribution in [1.82, 2.24) is 15.3 Å². The Morgan fingerprint density at radius 2 is 2.11 bits per heavy atom. The van der Waals surface area contributed by atoms with E-state index in [2.05, 4.69) is 22.2 Å². The summed E-state index contributed by atoms with van der Waals surface area (Å²) in [4.78, 5) is 8.85. The molecule has 2 rings (SSSR count). The Bertz CT molecular complexity index is 347. The molecule has 4 heteroatoms. The van der Waals surface area contributed by atoms with Crippen molar-refractivity contribution in [1.29, 1.82) is 0 Å². The first-order valence-electron chi connectivity index (χ1n) is 6.89. The molecule has 0 aliphatic carbocycles. The summed E-state index contributed by atoms with van der Waals surface area (Å²) in [5.74, 6) is 0.742. The third-order valence-electron chi connectivity index (χ3n) is 3.52. The van der Waals surface area contributed by atoms with Gasteiger partial charge >= 0.3 is 0 Å². The van der Waals surface area contributed by atoms with Gasteiger partial charge in [0.25, 0.3) is 0 Å². The highest BCUT2D eigenvalue weighted by atomic mass is 16.5. The van der Waals surface area contributed by atoms with Crippen LogP contribution in [0, 0.1) is 12.8 Å². The Morgan fingerprint density at radius 1 is 1.33 bits per heavy atom. The maximum atomic E-state index is 5.41. The van der Waals surface area contributed by atoms with E-state index >= 15 is 0 Å². The highest BCUT2D eigenvalue weighted by molar-refractivity contribution is 5.06. The van der Waals surface area contributed by atoms with Gasteiger partial charge in [-0.1, -0.05) is 6.92 Å². The van der Waals surface area contributed by atoms with E-state index in [1.54, 1.807) is 0 Å². The first-order valence-corrected chi connectivity index (χ1v) is 6.89. The van der Waals surface area contributed by atoms with Crippen LogP contribution in [-0.2, 0) is 4.74 Å². The molecule has 1 aromatic heterocycles. The van der Waals surface area contributed by atoms with Crippen molar-refractivity contribution in [3.63, 3.8) is 0 Å². The van der Waals surface area contributed by atoms with Crippen molar-refractivity contribution in [2.45, 2.75) is 39.2 Å². The zero-order valence-electron chi connectivity index (χ0n) is 11.4. The first kappa shape index (κ1) is 13.4. The molecule has 18 heavy (non-hydrogen) atoms. The summed E-state index contributed by atoms with van der Waals surface area (Å²) in [6, 6.07) is 0.325. The van der Waals surface area contributed by atoms with E-state index in [0.29, 0.717) is 6.04 Å². The quantitative estimate of drug-likeness (QED) is 0.869. The summed E-state index contributed by atoms with van der Waals surface area (Å²) in [7, 11) is 0. The van der Waals surface area contributed by atoms with Crippen molar-refractivity contribution in [3.05, 3.63) is 23.8 Å². The topological polar surface area (TPSA) is 47.0 Å². The van der Waals surface area contributed by atoms with Crippen LogP contribution in [0.1, 0.15) is 43.6 Å². The summed E-state index contributed by atoms with van der Waals surface area (Å²) in [5, 5.41) is 3.52. The Hall–Kier alpha value is -1.00. The number of rotatable bonds is 5. The summed E-state index contributed by atoms with van der Waals surface area (Å²) in [5.41, 5.74) is 2.04. The normalized spacial score (nSPS) is 18.8. The van der Waals surface area contributed by atoms with Crippen molar-refractivity contribution in [2.24, 2.45) is 5.92 Å². The average Bonchev–Trinajstić information content (AvgIpc) is 2.40. The maximum absolute atomic E-state index is 5.41. The molecule has 0 amide bonds. The minimum atomic E-state index is 0.325. The van der Waals surface area contributed by atoms with Gasteiger partial charge in [0.05, 0.1) is 23.6 Å². The van der Waals surface area contributed by atoms with E-state index in [9.17, 15) is 0 Å². The molecule has 0 saturated carbocycles. The molecule has 1 saturated heterocycles. The fraction of sp³-hybridized carbons (Fsp3) is 0.714. The van der Waals surface area contributed by atoms with E-state index in [-0.39, 0.29) is 0 Å². The van der Waals surface area contributed by atoms with Crippen LogP contribution in [0.5, 0.6) is 0 Å². The van der Waals surface area contributed by atoms with E-state index < -0.39 is 0 Å². The van der Waals surface area contributed by atoms with Crippen LogP contribution >= 0.6 is 0 Å². The Morgan fingerprint density at radius 3 is 2.72 bits per heavy atom. The third-order valence-corrected chi connectivity index (χ3v) is 3.52. The fourth-order valence-electron chi connectivity index (χ4n) is 2.45. The standard InChI is InChI=1S/C14H23N3O/c1-3-15-13(8-12-4-6-18-7-5-12)14-10-16-11(2)9-17-14/h9-10,12-13,15H,3-8H2,1-2H3. The predicted octanol–water partition coefficient (Wildman–Crippen LogP) is 2.25. The highest BCUT2D eigenvalue weighted by Gasteiger charge is 2.20. The van der Waals surface area contributed by atoms with Crippen LogP contribution in [0.2, 0.25) is 0 Å². The van der Waals surface area contributed by atoms with Gasteiger partial charge in [0, 0.05) is 19.4 Å². The second-order valence-corrected chi connectivity index (χ2v) is 4.98. The molecule has 2 heterocycles. The molecule has 1 aromatic rings. The minimum Gasteiger partial charge on any atom is -0.381 e. The largest absolute Gasteiger partial charge is 0.381 e. The molecule has 1 aliphatic heterocycles. The van der Waals surface area contributed by atoms with E-state index in [4.69, 9.17) is 4.74 Å². The van der Waals surface area contributed by atoms with E-state index in [1.165, 1.54) is 12.8 Å². The zero-order chi connectivity index (χ0) is 12.8. The van der Waals surface area contributed by atoms with Crippen LogP contribution in [0.15, 0.2) is 12.4 Å². The smallest absolute Gasteiger partial charge is 0.0756 e. The molecule has 0 spiro atoms. The van der Waals surface area contributed by atoms with Gasteiger partial charge in [0.1, 0.15) is 0 Å². The molecule has 0 aromatic carbocycles. The molecule has 1 N–H and O–H groups in total. The minimum absolute atomic E-state index is 0.325. The van der Waals surface area contributed by atoms with Gasteiger partial charge in [-0.15, -0.1) is 0 Å². The lowest BCUT2D eigenvalue weighted by atomic mass is 9.91. The van der Waals surface area contributed by atoms with Gasteiger partial charge in [-0.05, 0) is 38.6 Å². The summed E-state index contributed by atoms with van der Waals surface area (Å²) in [6.07, 6.45) is 7.23. The molecular formula is C14H23N3O. The third kappa shape index (κ3) is 3.75. The summed E-state index contributed by atoms with van der Waals surface area (Å²) in [6.45, 7) is 6.88. The monoisotopic (exact) mass is 249 g/mol. The molecule has 1 aliphatic rings. The molecule has 1 unspecified atom stereocenters. The van der Waals surface area contributed by atoms with Crippen molar-refractivity contribution >= 4 is 0 Å². The summed E-state index contributed by atoms with van der Waals surface area (Å²) >= 11 is 0. The SMILES string of the molecule is CCNC(CC1CCOCC1)c1cnc(C)cn1. The van der Waals surface area contributed by atoms with Crippen LogP contribution in [-0.4, -0.2) is 29.7 Å². The molecule has 0 radical (unpaired) electrons. The summed E-state index contributed by atoms with van der Waals surface area (Å²) < 4.78 is 5.41. The van der Waals surface area contributed by atoms with Gasteiger partial charge in [-0.3, -0.25) is 9.97 Å². The molecule has 0 bridgehead atoms. The zero-order valence-corrected chi connectivity index (χ0v) is 11.4. The number of hydrogen-bond donors (Lipinski definition) is 1. The predicted molar refractivity (Wildman–Crippen MR) is 71.3 cm³/mol. The number of nitrogens with one attached hydrogen (secondary N) is 1. The lowest BCUT2D eigenvalue weighted by molar-refractivity contribution is 0.0604. The lowest BCUT2D eigenvalue weighted by Crippen LogP contribution is -2.27. The van der Waals surface area contributed by atoms with Crippen molar-refractivity contribution in [3.8, 4) is 0 Å². The molecule has 100 valence electrons. The second kappa shape index (κ2) is 6.81. The maximum Gasteiger partial charge on any atom is 0.0756 e.